The minimum atomic E-state index is -1.80. The lowest BCUT2D eigenvalue weighted by molar-refractivity contribution is -0.128. The molecule has 27 heavy (non-hydrogen) atoms. The third kappa shape index (κ3) is 5.11. The normalized spacial score (nSPS) is 27.0. The largest absolute Gasteiger partial charge is 0.416 e. The van der Waals surface area contributed by atoms with Crippen LogP contribution in [0.1, 0.15) is 78.2 Å². The lowest BCUT2D eigenvalue weighted by atomic mass is 9.59. The van der Waals surface area contributed by atoms with Gasteiger partial charge < -0.3 is 4.43 Å². The molecule has 1 aromatic rings. The van der Waals surface area contributed by atoms with E-state index in [1.807, 2.05) is 6.07 Å². The molecule has 0 heterocycles. The molecule has 0 saturated heterocycles. The van der Waals surface area contributed by atoms with Crippen LogP contribution in [0.3, 0.4) is 0 Å². The van der Waals surface area contributed by atoms with Crippen molar-refractivity contribution in [1.82, 2.24) is 0 Å². The van der Waals surface area contributed by atoms with Crippen molar-refractivity contribution < 1.29 is 9.22 Å². The maximum absolute atomic E-state index is 13.0. The van der Waals surface area contributed by atoms with Crippen LogP contribution in [0.15, 0.2) is 30.3 Å². The summed E-state index contributed by atoms with van der Waals surface area (Å²) in [5, 5.41) is 0.214. The van der Waals surface area contributed by atoms with E-state index in [9.17, 15) is 4.79 Å². The van der Waals surface area contributed by atoms with Crippen molar-refractivity contribution in [1.29, 1.82) is 0 Å². The summed E-state index contributed by atoms with van der Waals surface area (Å²) in [6.07, 6.45) is 5.10. The maximum Gasteiger partial charge on any atom is 0.192 e. The van der Waals surface area contributed by atoms with Gasteiger partial charge in [0.2, 0.25) is 0 Å². The molecular weight excluding hydrogens is 348 g/mol. The van der Waals surface area contributed by atoms with Gasteiger partial charge in [0.1, 0.15) is 5.78 Å². The first-order valence-corrected chi connectivity index (χ1v) is 13.6. The van der Waals surface area contributed by atoms with Gasteiger partial charge in [-0.2, -0.15) is 0 Å². The number of hydrogen-bond donors (Lipinski definition) is 0. The SMILES string of the molecule is CCCC[C@H]1[C@H](c2ccccc2)C(=O)CC[C@]1(C)CO[Si](C)(C)C(C)(C)C. The highest BCUT2D eigenvalue weighted by molar-refractivity contribution is 6.74. The second kappa shape index (κ2) is 8.61. The maximum atomic E-state index is 13.0. The Labute approximate surface area is 168 Å². The first-order chi connectivity index (χ1) is 12.5. The van der Waals surface area contributed by atoms with Crippen molar-refractivity contribution in [3.8, 4) is 0 Å². The number of hydrogen-bond acceptors (Lipinski definition) is 2. The molecule has 3 atom stereocenters. The molecule has 2 nitrogen and oxygen atoms in total. The Balaban J connectivity index is 2.31. The highest BCUT2D eigenvalue weighted by Crippen LogP contribution is 2.50. The fraction of sp³-hybridized carbons (Fsp3) is 0.708. The first kappa shape index (κ1) is 22.4. The summed E-state index contributed by atoms with van der Waals surface area (Å²) < 4.78 is 6.69. The van der Waals surface area contributed by atoms with E-state index in [4.69, 9.17) is 4.43 Å². The number of Topliss-reactive ketones (excluding diaryl/α,β-unsaturated/α-hetero) is 1. The van der Waals surface area contributed by atoms with Gasteiger partial charge in [0, 0.05) is 18.9 Å². The predicted octanol–water partition coefficient (Wildman–Crippen LogP) is 6.97. The molecule has 0 N–H and O–H groups in total. The predicted molar refractivity (Wildman–Crippen MR) is 118 cm³/mol. The van der Waals surface area contributed by atoms with E-state index >= 15 is 0 Å². The zero-order chi connectivity index (χ0) is 20.3. The third-order valence-electron chi connectivity index (χ3n) is 7.18. The smallest absolute Gasteiger partial charge is 0.192 e. The van der Waals surface area contributed by atoms with Crippen LogP contribution < -0.4 is 0 Å². The van der Waals surface area contributed by atoms with E-state index in [-0.39, 0.29) is 16.4 Å². The van der Waals surface area contributed by atoms with Crippen molar-refractivity contribution in [2.24, 2.45) is 11.3 Å². The van der Waals surface area contributed by atoms with Crippen molar-refractivity contribution in [3.05, 3.63) is 35.9 Å². The molecule has 1 fully saturated rings. The lowest BCUT2D eigenvalue weighted by Crippen LogP contribution is -2.48. The van der Waals surface area contributed by atoms with E-state index in [0.717, 1.165) is 19.4 Å². The van der Waals surface area contributed by atoms with E-state index in [2.05, 4.69) is 72.0 Å². The van der Waals surface area contributed by atoms with E-state index in [1.54, 1.807) is 0 Å². The van der Waals surface area contributed by atoms with Gasteiger partial charge in [-0.1, -0.05) is 77.8 Å². The zero-order valence-electron chi connectivity index (χ0n) is 18.6. The Kier molecular flexibility index (Phi) is 7.13. The molecule has 0 radical (unpaired) electrons. The molecule has 0 spiro atoms. The second-order valence-corrected chi connectivity index (χ2v) is 15.1. The molecule has 1 saturated carbocycles. The van der Waals surface area contributed by atoms with E-state index in [0.29, 0.717) is 18.1 Å². The van der Waals surface area contributed by atoms with Gasteiger partial charge in [-0.25, -0.2) is 0 Å². The Hall–Kier alpha value is -0.933. The summed E-state index contributed by atoms with van der Waals surface area (Å²) in [4.78, 5) is 13.0. The second-order valence-electron chi connectivity index (χ2n) is 10.3. The minimum absolute atomic E-state index is 0.0273. The molecule has 3 heteroatoms. The van der Waals surface area contributed by atoms with Gasteiger partial charge in [0.25, 0.3) is 0 Å². The van der Waals surface area contributed by atoms with Crippen LogP contribution in [0, 0.1) is 11.3 Å². The summed E-state index contributed by atoms with van der Waals surface area (Å²) in [7, 11) is -1.80. The minimum Gasteiger partial charge on any atom is -0.416 e. The molecule has 1 aliphatic rings. The third-order valence-corrected chi connectivity index (χ3v) is 11.7. The van der Waals surface area contributed by atoms with Crippen LogP contribution >= 0.6 is 0 Å². The topological polar surface area (TPSA) is 26.3 Å². The zero-order valence-corrected chi connectivity index (χ0v) is 19.6. The molecule has 2 rings (SSSR count). The molecule has 0 unspecified atom stereocenters. The molecule has 152 valence electrons. The Bertz CT molecular complexity index is 617. The molecule has 1 aromatic carbocycles. The number of benzene rings is 1. The van der Waals surface area contributed by atoms with Crippen LogP contribution in [0.4, 0.5) is 0 Å². The van der Waals surface area contributed by atoms with Crippen molar-refractivity contribution >= 4 is 14.1 Å². The molecule has 0 aromatic heterocycles. The Morgan fingerprint density at radius 1 is 1.19 bits per heavy atom. The van der Waals surface area contributed by atoms with Crippen LogP contribution in [-0.2, 0) is 9.22 Å². The molecule has 0 amide bonds. The van der Waals surface area contributed by atoms with Crippen LogP contribution in [-0.4, -0.2) is 20.7 Å². The monoisotopic (exact) mass is 388 g/mol. The molecule has 0 bridgehead atoms. The Morgan fingerprint density at radius 2 is 1.81 bits per heavy atom. The van der Waals surface area contributed by atoms with Gasteiger partial charge in [-0.3, -0.25) is 4.79 Å². The van der Waals surface area contributed by atoms with Crippen molar-refractivity contribution in [2.45, 2.75) is 90.8 Å². The summed E-state index contributed by atoms with van der Waals surface area (Å²) in [6, 6.07) is 10.5. The summed E-state index contributed by atoms with van der Waals surface area (Å²) in [6.45, 7) is 17.0. The van der Waals surface area contributed by atoms with Crippen LogP contribution in [0.2, 0.25) is 18.1 Å². The van der Waals surface area contributed by atoms with Crippen molar-refractivity contribution in [3.63, 3.8) is 0 Å². The van der Waals surface area contributed by atoms with Crippen molar-refractivity contribution in [2.75, 3.05) is 6.61 Å². The number of unbranched alkanes of at least 4 members (excludes halogenated alkanes) is 1. The number of rotatable bonds is 7. The first-order valence-electron chi connectivity index (χ1n) is 10.7. The van der Waals surface area contributed by atoms with Gasteiger partial charge >= 0.3 is 0 Å². The summed E-state index contributed by atoms with van der Waals surface area (Å²) >= 11 is 0. The van der Waals surface area contributed by atoms with Crippen LogP contribution in [0.25, 0.3) is 0 Å². The summed E-state index contributed by atoms with van der Waals surface area (Å²) in [5.41, 5.74) is 1.26. The molecule has 0 aliphatic heterocycles. The number of carbonyl (C=O) groups is 1. The van der Waals surface area contributed by atoms with Gasteiger partial charge in [-0.15, -0.1) is 0 Å². The summed E-state index contributed by atoms with van der Waals surface area (Å²) in [5.74, 6) is 0.817. The van der Waals surface area contributed by atoms with E-state index < -0.39 is 8.32 Å². The number of carbonyl (C=O) groups excluding carboxylic acids is 1. The Morgan fingerprint density at radius 3 is 2.37 bits per heavy atom. The highest BCUT2D eigenvalue weighted by atomic mass is 28.4. The average Bonchev–Trinajstić information content (AvgIpc) is 2.61. The van der Waals surface area contributed by atoms with Gasteiger partial charge in [0.15, 0.2) is 8.32 Å². The fourth-order valence-electron chi connectivity index (χ4n) is 4.14. The molecular formula is C24H40O2Si. The lowest BCUT2D eigenvalue weighted by Gasteiger charge is -2.48. The van der Waals surface area contributed by atoms with E-state index in [1.165, 1.54) is 18.4 Å². The molecule has 1 aliphatic carbocycles. The highest BCUT2D eigenvalue weighted by Gasteiger charge is 2.48. The number of ketones is 1. The standard InChI is InChI=1S/C24H40O2Si/c1-8-9-15-20-22(19-13-11-10-12-14-19)21(25)16-17-24(20,5)18-26-27(6,7)23(2,3)4/h10-14,20,22H,8-9,15-18H2,1-7H3/t20-,22-,24+/m0/s1. The van der Waals surface area contributed by atoms with Gasteiger partial charge in [-0.05, 0) is 47.9 Å². The van der Waals surface area contributed by atoms with Gasteiger partial charge in [0.05, 0.1) is 0 Å². The average molecular weight is 389 g/mol. The quantitative estimate of drug-likeness (QED) is 0.471. The van der Waals surface area contributed by atoms with Crippen LogP contribution in [0.5, 0.6) is 0 Å². The fourth-order valence-corrected chi connectivity index (χ4v) is 5.26.